The van der Waals surface area contributed by atoms with Gasteiger partial charge in [-0.1, -0.05) is 73.0 Å². The van der Waals surface area contributed by atoms with E-state index in [4.69, 9.17) is 11.6 Å². The van der Waals surface area contributed by atoms with Gasteiger partial charge in [0.25, 0.3) is 0 Å². The number of benzene rings is 1. The first-order valence-corrected chi connectivity index (χ1v) is 8.30. The number of carbonyl (C=O) groups is 1. The summed E-state index contributed by atoms with van der Waals surface area (Å²) in [6.45, 7) is 2.22. The third kappa shape index (κ3) is 6.58. The van der Waals surface area contributed by atoms with E-state index in [2.05, 4.69) is 22.9 Å². The lowest BCUT2D eigenvalue weighted by molar-refractivity contribution is 0.0978. The van der Waals surface area contributed by atoms with Crippen molar-refractivity contribution >= 4 is 33.3 Å². The van der Waals surface area contributed by atoms with E-state index in [0.29, 0.717) is 17.0 Å². The van der Waals surface area contributed by atoms with Crippen molar-refractivity contribution in [2.45, 2.75) is 58.3 Å². The van der Waals surface area contributed by atoms with E-state index in [1.165, 1.54) is 32.1 Å². The van der Waals surface area contributed by atoms with Gasteiger partial charge in [0, 0.05) is 21.5 Å². The molecule has 0 aliphatic heterocycles. The van der Waals surface area contributed by atoms with Gasteiger partial charge in [-0.15, -0.1) is 0 Å². The van der Waals surface area contributed by atoms with Crippen LogP contribution >= 0.6 is 27.5 Å². The lowest BCUT2D eigenvalue weighted by Crippen LogP contribution is -2.00. The third-order valence-electron chi connectivity index (χ3n) is 3.24. The highest BCUT2D eigenvalue weighted by molar-refractivity contribution is 9.10. The van der Waals surface area contributed by atoms with Crippen molar-refractivity contribution in [2.24, 2.45) is 0 Å². The van der Waals surface area contributed by atoms with Gasteiger partial charge < -0.3 is 0 Å². The van der Waals surface area contributed by atoms with Gasteiger partial charge in [-0.3, -0.25) is 4.79 Å². The number of hydrogen-bond donors (Lipinski definition) is 0. The van der Waals surface area contributed by atoms with Crippen LogP contribution in [0.25, 0.3) is 0 Å². The average molecular weight is 346 g/mol. The number of carbonyl (C=O) groups excluding carboxylic acids is 1. The van der Waals surface area contributed by atoms with Crippen LogP contribution in [-0.4, -0.2) is 5.78 Å². The van der Waals surface area contributed by atoms with Crippen LogP contribution in [0.4, 0.5) is 0 Å². The number of ketones is 1. The molecule has 0 N–H and O–H groups in total. The summed E-state index contributed by atoms with van der Waals surface area (Å²) in [6.07, 6.45) is 9.21. The summed E-state index contributed by atoms with van der Waals surface area (Å²) in [6, 6.07) is 5.37. The Morgan fingerprint density at radius 3 is 2.42 bits per heavy atom. The summed E-state index contributed by atoms with van der Waals surface area (Å²) < 4.78 is 0.838. The second-order valence-electron chi connectivity index (χ2n) is 4.92. The molecule has 0 bridgehead atoms. The van der Waals surface area contributed by atoms with Crippen LogP contribution in [0.2, 0.25) is 5.02 Å². The van der Waals surface area contributed by atoms with Crippen molar-refractivity contribution < 1.29 is 4.79 Å². The highest BCUT2D eigenvalue weighted by Gasteiger charge is 2.10. The molecule has 0 atom stereocenters. The lowest BCUT2D eigenvalue weighted by atomic mass is 10.0. The smallest absolute Gasteiger partial charge is 0.164 e. The zero-order valence-electron chi connectivity index (χ0n) is 11.6. The Morgan fingerprint density at radius 1 is 1.11 bits per heavy atom. The Balaban J connectivity index is 2.26. The summed E-state index contributed by atoms with van der Waals surface area (Å²) in [4.78, 5) is 12.1. The van der Waals surface area contributed by atoms with Crippen molar-refractivity contribution in [1.29, 1.82) is 0 Å². The maximum atomic E-state index is 12.1. The second-order valence-corrected chi connectivity index (χ2v) is 6.21. The zero-order chi connectivity index (χ0) is 14.1. The minimum absolute atomic E-state index is 0.183. The van der Waals surface area contributed by atoms with Crippen molar-refractivity contribution in [3.63, 3.8) is 0 Å². The largest absolute Gasteiger partial charge is 0.294 e. The van der Waals surface area contributed by atoms with Crippen LogP contribution in [0.3, 0.4) is 0 Å². The van der Waals surface area contributed by atoms with E-state index < -0.39 is 0 Å². The van der Waals surface area contributed by atoms with Gasteiger partial charge in [0.2, 0.25) is 0 Å². The van der Waals surface area contributed by atoms with Crippen molar-refractivity contribution in [1.82, 2.24) is 0 Å². The molecule has 1 aromatic rings. The molecule has 0 aliphatic carbocycles. The number of halogens is 2. The third-order valence-corrected chi connectivity index (χ3v) is 4.16. The van der Waals surface area contributed by atoms with E-state index in [1.54, 1.807) is 12.1 Å². The molecular weight excluding hydrogens is 324 g/mol. The molecule has 1 rings (SSSR count). The van der Waals surface area contributed by atoms with Crippen LogP contribution in [0, 0.1) is 0 Å². The molecule has 0 aromatic heterocycles. The Labute approximate surface area is 129 Å². The first-order valence-electron chi connectivity index (χ1n) is 7.13. The van der Waals surface area contributed by atoms with Gasteiger partial charge in [0.1, 0.15) is 0 Å². The van der Waals surface area contributed by atoms with Crippen molar-refractivity contribution in [3.8, 4) is 0 Å². The molecule has 0 unspecified atom stereocenters. The molecule has 0 fully saturated rings. The maximum Gasteiger partial charge on any atom is 0.164 e. The lowest BCUT2D eigenvalue weighted by Gasteiger charge is -2.05. The molecule has 0 amide bonds. The van der Waals surface area contributed by atoms with Crippen LogP contribution in [0.1, 0.15) is 68.6 Å². The van der Waals surface area contributed by atoms with Gasteiger partial charge in [0.05, 0.1) is 0 Å². The van der Waals surface area contributed by atoms with E-state index >= 15 is 0 Å². The molecule has 106 valence electrons. The van der Waals surface area contributed by atoms with Crippen LogP contribution < -0.4 is 0 Å². The van der Waals surface area contributed by atoms with Gasteiger partial charge in [-0.05, 0) is 24.6 Å². The topological polar surface area (TPSA) is 17.1 Å². The fraction of sp³-hybridized carbons (Fsp3) is 0.562. The quantitative estimate of drug-likeness (QED) is 0.372. The molecule has 1 nitrogen and oxygen atoms in total. The normalized spacial score (nSPS) is 10.7. The fourth-order valence-corrected chi connectivity index (χ4v) is 2.73. The molecular formula is C16H22BrClO. The van der Waals surface area contributed by atoms with Gasteiger partial charge in [-0.25, -0.2) is 0 Å². The Bertz CT molecular complexity index is 404. The molecule has 1 aromatic carbocycles. The Kier molecular flexibility index (Phi) is 8.40. The zero-order valence-corrected chi connectivity index (χ0v) is 13.9. The molecule has 0 heterocycles. The first-order chi connectivity index (χ1) is 9.15. The molecule has 0 aliphatic rings. The monoisotopic (exact) mass is 344 g/mol. The predicted molar refractivity (Wildman–Crippen MR) is 86.1 cm³/mol. The second kappa shape index (κ2) is 9.55. The van der Waals surface area contributed by atoms with Gasteiger partial charge in [0.15, 0.2) is 5.78 Å². The molecule has 0 radical (unpaired) electrons. The van der Waals surface area contributed by atoms with Crippen molar-refractivity contribution in [2.75, 3.05) is 0 Å². The van der Waals surface area contributed by atoms with Crippen LogP contribution in [0.5, 0.6) is 0 Å². The minimum Gasteiger partial charge on any atom is -0.294 e. The fourth-order valence-electron chi connectivity index (χ4n) is 2.09. The molecule has 19 heavy (non-hydrogen) atoms. The summed E-state index contributed by atoms with van der Waals surface area (Å²) in [5, 5.41) is 0.617. The van der Waals surface area contributed by atoms with Crippen LogP contribution in [0.15, 0.2) is 22.7 Å². The summed E-state index contributed by atoms with van der Waals surface area (Å²) in [5.74, 6) is 0.183. The van der Waals surface area contributed by atoms with Gasteiger partial charge in [-0.2, -0.15) is 0 Å². The molecule has 3 heteroatoms. The number of unbranched alkanes of at least 4 members (excludes halogenated alkanes) is 6. The minimum atomic E-state index is 0.183. The van der Waals surface area contributed by atoms with Crippen molar-refractivity contribution in [3.05, 3.63) is 33.3 Å². The number of Topliss-reactive ketones (excluding diaryl/α,β-unsaturated/α-hetero) is 1. The molecule has 0 saturated carbocycles. The maximum absolute atomic E-state index is 12.1. The van der Waals surface area contributed by atoms with E-state index in [0.717, 1.165) is 17.3 Å². The first kappa shape index (κ1) is 16.7. The predicted octanol–water partition coefficient (Wildman–Crippen LogP) is 6.43. The molecule has 0 spiro atoms. The summed E-state index contributed by atoms with van der Waals surface area (Å²) in [5.41, 5.74) is 0.707. The number of hydrogen-bond acceptors (Lipinski definition) is 1. The standard InChI is InChI=1S/C16H22BrClO/c1-2-3-4-5-6-7-8-9-16(19)14-12-13(18)10-11-15(14)17/h10-12H,2-9H2,1H3. The summed E-state index contributed by atoms with van der Waals surface area (Å²) in [7, 11) is 0. The Hall–Kier alpha value is -0.340. The average Bonchev–Trinajstić information content (AvgIpc) is 2.40. The van der Waals surface area contributed by atoms with Gasteiger partial charge >= 0.3 is 0 Å². The Morgan fingerprint density at radius 2 is 1.74 bits per heavy atom. The summed E-state index contributed by atoms with van der Waals surface area (Å²) >= 11 is 9.32. The highest BCUT2D eigenvalue weighted by atomic mass is 79.9. The van der Waals surface area contributed by atoms with Crippen LogP contribution in [-0.2, 0) is 0 Å². The SMILES string of the molecule is CCCCCCCCCC(=O)c1cc(Cl)ccc1Br. The highest BCUT2D eigenvalue weighted by Crippen LogP contribution is 2.23. The van der Waals surface area contributed by atoms with E-state index in [-0.39, 0.29) is 5.78 Å². The molecule has 0 saturated heterocycles. The number of rotatable bonds is 9. The van der Waals surface area contributed by atoms with E-state index in [9.17, 15) is 4.79 Å². The van der Waals surface area contributed by atoms with E-state index in [1.807, 2.05) is 6.07 Å².